The van der Waals surface area contributed by atoms with Crippen LogP contribution in [0.2, 0.25) is 0 Å². The molecule has 7 nitrogen and oxygen atoms in total. The number of nitrogens with one attached hydrogen (secondary N) is 1. The number of likely N-dealkylation sites (tertiary alicyclic amines) is 1. The van der Waals surface area contributed by atoms with Crippen LogP contribution in [0.4, 0.5) is 33.7 Å². The van der Waals surface area contributed by atoms with E-state index in [2.05, 4.69) is 32.2 Å². The van der Waals surface area contributed by atoms with E-state index in [-0.39, 0.29) is 40.6 Å². The lowest BCUT2D eigenvalue weighted by Gasteiger charge is -2.35. The van der Waals surface area contributed by atoms with Crippen LogP contribution >= 0.6 is 0 Å². The van der Waals surface area contributed by atoms with E-state index in [0.29, 0.717) is 43.1 Å². The third kappa shape index (κ3) is 6.32. The highest BCUT2D eigenvalue weighted by Gasteiger charge is 2.33. The monoisotopic (exact) mass is 573 g/mol. The molecule has 1 saturated heterocycles. The number of piperidine rings is 1. The number of aryl methyl sites for hydroxylation is 1. The van der Waals surface area contributed by atoms with Crippen molar-refractivity contribution in [2.75, 3.05) is 25.0 Å². The summed E-state index contributed by atoms with van der Waals surface area (Å²) in [4.78, 5) is 18.6. The van der Waals surface area contributed by atoms with E-state index < -0.39 is 24.4 Å². The van der Waals surface area contributed by atoms with Gasteiger partial charge in [0.2, 0.25) is 5.95 Å². The second-order valence-corrected chi connectivity index (χ2v) is 11.0. The number of hydrogen-bond acceptors (Lipinski definition) is 6. The summed E-state index contributed by atoms with van der Waals surface area (Å²) in [5.74, 6) is 0.328. The van der Waals surface area contributed by atoms with Crippen LogP contribution in [0.25, 0.3) is 22.3 Å². The van der Waals surface area contributed by atoms with Crippen molar-refractivity contribution in [3.8, 4) is 11.3 Å². The zero-order valence-corrected chi connectivity index (χ0v) is 23.3. The fourth-order valence-electron chi connectivity index (χ4n) is 5.69. The van der Waals surface area contributed by atoms with E-state index in [1.165, 1.54) is 11.0 Å². The van der Waals surface area contributed by atoms with Crippen molar-refractivity contribution in [1.82, 2.24) is 29.4 Å². The van der Waals surface area contributed by atoms with E-state index in [1.54, 1.807) is 25.3 Å². The molecule has 4 heterocycles. The molecule has 1 aliphatic heterocycles. The van der Waals surface area contributed by atoms with E-state index in [4.69, 9.17) is 0 Å². The van der Waals surface area contributed by atoms with Crippen LogP contribution < -0.4 is 5.32 Å². The summed E-state index contributed by atoms with van der Waals surface area (Å²) >= 11 is 0. The van der Waals surface area contributed by atoms with Crippen LogP contribution in [-0.2, 0) is 0 Å². The topological polar surface area (TPSA) is 71.8 Å². The number of anilines is 2. The summed E-state index contributed by atoms with van der Waals surface area (Å²) < 4.78 is 69.8. The van der Waals surface area contributed by atoms with E-state index >= 15 is 0 Å². The van der Waals surface area contributed by atoms with Crippen molar-refractivity contribution in [3.63, 3.8) is 0 Å². The number of alkyl halides is 3. The third-order valence-electron chi connectivity index (χ3n) is 7.75. The zero-order valence-electron chi connectivity index (χ0n) is 23.3. The molecule has 0 radical (unpaired) electrons. The Labute approximate surface area is 234 Å². The Kier molecular flexibility index (Phi) is 7.95. The average molecular weight is 574 g/mol. The van der Waals surface area contributed by atoms with Gasteiger partial charge in [-0.25, -0.2) is 28.7 Å². The molecule has 1 N–H and O–H groups in total. The minimum Gasteiger partial charge on any atom is -0.326 e. The summed E-state index contributed by atoms with van der Waals surface area (Å²) in [5.41, 5.74) is 1.96. The molecule has 0 bridgehead atoms. The summed E-state index contributed by atoms with van der Waals surface area (Å²) in [6, 6.07) is 6.59. The molecule has 1 atom stereocenters. The minimum absolute atomic E-state index is 0.0288. The molecule has 1 aromatic carbocycles. The Hall–Kier alpha value is -3.67. The molecular formula is C29H32F5N7. The Morgan fingerprint density at radius 1 is 0.976 bits per heavy atom. The fraction of sp³-hybridized carbons (Fsp3) is 0.448. The molecule has 41 heavy (non-hydrogen) atoms. The molecular weight excluding hydrogens is 541 g/mol. The Morgan fingerprint density at radius 3 is 2.34 bits per heavy atom. The van der Waals surface area contributed by atoms with Crippen molar-refractivity contribution < 1.29 is 22.0 Å². The van der Waals surface area contributed by atoms with Crippen molar-refractivity contribution in [2.45, 2.75) is 58.7 Å². The second-order valence-electron chi connectivity index (χ2n) is 11.0. The maximum atomic E-state index is 15.0. The quantitative estimate of drug-likeness (QED) is 0.236. The lowest BCUT2D eigenvalue weighted by Crippen LogP contribution is -2.40. The summed E-state index contributed by atoms with van der Waals surface area (Å²) in [7, 11) is 0. The van der Waals surface area contributed by atoms with Gasteiger partial charge in [-0.3, -0.25) is 4.90 Å². The molecule has 1 aliphatic rings. The fourth-order valence-corrected chi connectivity index (χ4v) is 5.69. The van der Waals surface area contributed by atoms with Crippen LogP contribution in [0.1, 0.15) is 57.0 Å². The number of benzene rings is 1. The van der Waals surface area contributed by atoms with Crippen molar-refractivity contribution in [1.29, 1.82) is 0 Å². The number of rotatable bonds is 7. The van der Waals surface area contributed by atoms with E-state index in [1.807, 2.05) is 24.5 Å². The lowest BCUT2D eigenvalue weighted by molar-refractivity contribution is -0.148. The zero-order chi connectivity index (χ0) is 29.5. The Morgan fingerprint density at radius 2 is 1.71 bits per heavy atom. The van der Waals surface area contributed by atoms with Gasteiger partial charge in [0.1, 0.15) is 22.9 Å². The molecule has 5 rings (SSSR count). The van der Waals surface area contributed by atoms with Crippen LogP contribution in [0.5, 0.6) is 0 Å². The first-order valence-electron chi connectivity index (χ1n) is 13.6. The first-order chi connectivity index (χ1) is 19.4. The SMILES string of the molecule is Cc1nc2c(F)cc(-c3nc(Nc4ccc([C@@H](C)C5CCN(CC(F)(F)F)CC5)cn4)ncc3F)cc2n1C(C)C. The first kappa shape index (κ1) is 28.8. The summed E-state index contributed by atoms with van der Waals surface area (Å²) in [5, 5.41) is 2.98. The molecule has 4 aromatic rings. The van der Waals surface area contributed by atoms with Crippen LogP contribution in [0, 0.1) is 24.5 Å². The largest absolute Gasteiger partial charge is 0.401 e. The molecule has 3 aromatic heterocycles. The maximum Gasteiger partial charge on any atom is 0.401 e. The number of aromatic nitrogens is 5. The van der Waals surface area contributed by atoms with Gasteiger partial charge < -0.3 is 9.88 Å². The van der Waals surface area contributed by atoms with Gasteiger partial charge in [-0.2, -0.15) is 13.2 Å². The number of pyridine rings is 1. The van der Waals surface area contributed by atoms with Crippen molar-refractivity contribution >= 4 is 22.8 Å². The smallest absolute Gasteiger partial charge is 0.326 e. The molecule has 1 fully saturated rings. The third-order valence-corrected chi connectivity index (χ3v) is 7.75. The van der Waals surface area contributed by atoms with Gasteiger partial charge in [0, 0.05) is 17.8 Å². The normalized spacial score (nSPS) is 16.0. The number of halogens is 5. The van der Waals surface area contributed by atoms with Gasteiger partial charge in [0.05, 0.1) is 18.3 Å². The second kappa shape index (κ2) is 11.3. The average Bonchev–Trinajstić information content (AvgIpc) is 3.26. The van der Waals surface area contributed by atoms with Crippen LogP contribution in [0.3, 0.4) is 0 Å². The summed E-state index contributed by atoms with van der Waals surface area (Å²) in [6.45, 7) is 7.76. The molecule has 0 saturated carbocycles. The lowest BCUT2D eigenvalue weighted by atomic mass is 9.82. The van der Waals surface area contributed by atoms with E-state index in [9.17, 15) is 22.0 Å². The highest BCUT2D eigenvalue weighted by Crippen LogP contribution is 2.34. The predicted molar refractivity (Wildman–Crippen MR) is 147 cm³/mol. The molecule has 0 spiro atoms. The standard InChI is InChI=1S/C29H32F5N7/c1-16(2)41-18(4)37-27-22(30)11-21(12-24(27)41)26-23(31)14-36-28(39-26)38-25-6-5-20(13-35-25)17(3)19-7-9-40(10-8-19)15-29(32,33)34/h5-6,11-14,16-17,19H,7-10,15H2,1-4H3,(H,35,36,38,39)/t17-/m0/s1. The highest BCUT2D eigenvalue weighted by molar-refractivity contribution is 5.83. The molecule has 0 amide bonds. The van der Waals surface area contributed by atoms with Gasteiger partial charge in [0.25, 0.3) is 0 Å². The molecule has 0 unspecified atom stereocenters. The Bertz CT molecular complexity index is 1520. The van der Waals surface area contributed by atoms with Crippen molar-refractivity contribution in [3.05, 3.63) is 59.7 Å². The predicted octanol–water partition coefficient (Wildman–Crippen LogP) is 7.18. The summed E-state index contributed by atoms with van der Waals surface area (Å²) in [6.07, 6.45) is -0.0567. The van der Waals surface area contributed by atoms with Crippen LogP contribution in [0.15, 0.2) is 36.7 Å². The number of nitrogens with zero attached hydrogens (tertiary/aromatic N) is 6. The maximum absolute atomic E-state index is 15.0. The van der Waals surface area contributed by atoms with Crippen LogP contribution in [-0.4, -0.2) is 55.2 Å². The van der Waals surface area contributed by atoms with Gasteiger partial charge in [-0.15, -0.1) is 0 Å². The Balaban J connectivity index is 1.31. The van der Waals surface area contributed by atoms with E-state index in [0.717, 1.165) is 11.8 Å². The highest BCUT2D eigenvalue weighted by atomic mass is 19.4. The van der Waals surface area contributed by atoms with Gasteiger partial charge in [-0.05, 0) is 82.3 Å². The van der Waals surface area contributed by atoms with Gasteiger partial charge in [-0.1, -0.05) is 13.0 Å². The number of fused-ring (bicyclic) bond motifs is 1. The van der Waals surface area contributed by atoms with Crippen molar-refractivity contribution in [2.24, 2.45) is 5.92 Å². The van der Waals surface area contributed by atoms with Gasteiger partial charge in [0.15, 0.2) is 11.6 Å². The molecule has 0 aliphatic carbocycles. The minimum atomic E-state index is -4.18. The molecule has 12 heteroatoms. The van der Waals surface area contributed by atoms with Gasteiger partial charge >= 0.3 is 6.18 Å². The molecule has 218 valence electrons. The number of imidazole rings is 1. The number of hydrogen-bond donors (Lipinski definition) is 1. The first-order valence-corrected chi connectivity index (χ1v) is 13.6.